The van der Waals surface area contributed by atoms with Crippen molar-refractivity contribution in [2.45, 2.75) is 72.6 Å². The first-order valence-corrected chi connectivity index (χ1v) is 21.3. The first-order valence-electron chi connectivity index (χ1n) is 19.3. The van der Waals surface area contributed by atoms with Gasteiger partial charge < -0.3 is 24.8 Å². The molecule has 0 aliphatic heterocycles. The third kappa shape index (κ3) is 11.7. The average molecular weight is 920 g/mol. The molecule has 0 unspecified atom stereocenters. The number of aryl methyl sites for hydroxylation is 2. The van der Waals surface area contributed by atoms with Crippen molar-refractivity contribution in [3.8, 4) is 33.4 Å². The van der Waals surface area contributed by atoms with Crippen molar-refractivity contribution < 1.29 is 49.0 Å². The van der Waals surface area contributed by atoms with Crippen LogP contribution in [-0.2, 0) is 41.5 Å². The number of hydrogen-bond acceptors (Lipinski definition) is 0. The Kier molecular flexibility index (Phi) is 16.5. The molecular weight excluding hydrogens is 870 g/mol. The first kappa shape index (κ1) is 47.3. The number of fused-ring (bicyclic) bond motifs is 3. The number of benzene rings is 6. The molecule has 58 heavy (non-hydrogen) atoms. The normalized spacial score (nSPS) is 11.4. The molecule has 0 heterocycles. The van der Waals surface area contributed by atoms with Gasteiger partial charge in [0.2, 0.25) is 0 Å². The summed E-state index contributed by atoms with van der Waals surface area (Å²) in [5.74, 6) is 0. The van der Waals surface area contributed by atoms with Crippen LogP contribution in [0.1, 0.15) is 86.1 Å². The van der Waals surface area contributed by atoms with E-state index >= 15 is 0 Å². The summed E-state index contributed by atoms with van der Waals surface area (Å²) in [4.78, 5) is 0. The van der Waals surface area contributed by atoms with Gasteiger partial charge in [-0.05, 0) is 35.4 Å². The number of hydrogen-bond donors (Lipinski definition) is 0. The minimum absolute atomic E-state index is 0. The molecular formula is C53H50Cl4Zr-2. The second-order valence-electron chi connectivity index (χ2n) is 16.7. The molecule has 1 aliphatic rings. The summed E-state index contributed by atoms with van der Waals surface area (Å²) in [5.41, 5.74) is 18.9. The quantitative estimate of drug-likeness (QED) is 0.155. The first-order chi connectivity index (χ1) is 26.6. The van der Waals surface area contributed by atoms with Gasteiger partial charge in [0.05, 0.1) is 0 Å². The van der Waals surface area contributed by atoms with Crippen LogP contribution in [0.2, 0.25) is 10.0 Å². The molecule has 0 bridgehead atoms. The zero-order valence-corrected chi connectivity index (χ0v) is 40.1. The van der Waals surface area contributed by atoms with Gasteiger partial charge in [-0.25, -0.2) is 12.1 Å². The smallest absolute Gasteiger partial charge is 0.172 e. The molecule has 7 aromatic rings. The van der Waals surface area contributed by atoms with Crippen LogP contribution in [0.4, 0.5) is 0 Å². The summed E-state index contributed by atoms with van der Waals surface area (Å²) >= 11 is 13.4. The largest absolute Gasteiger partial charge is 1.00 e. The van der Waals surface area contributed by atoms with Crippen molar-refractivity contribution in [3.05, 3.63) is 206 Å². The summed E-state index contributed by atoms with van der Waals surface area (Å²) in [5, 5.41) is 1.52. The number of halogens is 4. The predicted octanol–water partition coefficient (Wildman–Crippen LogP) is 9.13. The fourth-order valence-corrected chi connectivity index (χ4v) is 8.52. The molecule has 0 atom stereocenters. The van der Waals surface area contributed by atoms with Gasteiger partial charge in [-0.3, -0.25) is 0 Å². The third-order valence-electron chi connectivity index (χ3n) is 10.3. The van der Waals surface area contributed by atoms with Crippen molar-refractivity contribution in [1.29, 1.82) is 0 Å². The zero-order valence-electron chi connectivity index (χ0n) is 34.6. The molecule has 0 amide bonds. The van der Waals surface area contributed by atoms with E-state index in [9.17, 15) is 0 Å². The van der Waals surface area contributed by atoms with Gasteiger partial charge in [0.15, 0.2) is 0 Å². The van der Waals surface area contributed by atoms with E-state index in [2.05, 4.69) is 152 Å². The van der Waals surface area contributed by atoms with E-state index in [1.165, 1.54) is 105 Å². The maximum Gasteiger partial charge on any atom is -0.172 e. The van der Waals surface area contributed by atoms with E-state index in [0.717, 1.165) is 16.5 Å². The second-order valence-corrected chi connectivity index (χ2v) is 18.8. The van der Waals surface area contributed by atoms with Crippen LogP contribution in [0.3, 0.4) is 0 Å². The van der Waals surface area contributed by atoms with E-state index in [4.69, 9.17) is 23.2 Å². The molecule has 7 aromatic carbocycles. The Hall–Kier alpha value is -3.42. The van der Waals surface area contributed by atoms with Gasteiger partial charge in [0.1, 0.15) is 0 Å². The summed E-state index contributed by atoms with van der Waals surface area (Å²) in [6, 6.07) is 54.3. The van der Waals surface area contributed by atoms with Crippen molar-refractivity contribution >= 4 is 26.4 Å². The molecule has 0 radical (unpaired) electrons. The van der Waals surface area contributed by atoms with Crippen LogP contribution in [-0.4, -0.2) is 3.21 Å². The van der Waals surface area contributed by atoms with E-state index < -0.39 is 0 Å². The van der Waals surface area contributed by atoms with Crippen LogP contribution >= 0.6 is 23.2 Å². The van der Waals surface area contributed by atoms with Gasteiger partial charge in [-0.2, -0.15) is 35.9 Å². The topological polar surface area (TPSA) is 0 Å². The van der Waals surface area contributed by atoms with Crippen molar-refractivity contribution in [1.82, 2.24) is 0 Å². The summed E-state index contributed by atoms with van der Waals surface area (Å²) in [6.07, 6.45) is 1.03. The summed E-state index contributed by atoms with van der Waals surface area (Å²) in [7, 11) is 0. The molecule has 0 aromatic heterocycles. The standard InChI is InChI=1S/C25H16Cl2.C23H29.C5H5.2ClH.Zr/c26-24-13-9-22(10-14-24)20-5-1-18(2-6-20)17-19-3-7-21(8-4-19)23-11-15-25(27)16-12-23;1-14-9-16-11-17-10-15(2)21(23(6,7)8)13-19(17)18(16)12-20(14)22(3,4)5;1-2-4-5-3-1;;;/h1-16H;9,12-13H,11H2,1-8H3;1-5H;2*1H;/q;2*-1;;;+2/p-2. The fraction of sp³-hybridized carbons (Fsp3) is 0.208. The molecule has 0 N–H and O–H groups in total. The van der Waals surface area contributed by atoms with Crippen LogP contribution in [0.5, 0.6) is 0 Å². The number of rotatable bonds is 4. The maximum atomic E-state index is 5.98. The molecule has 0 saturated heterocycles. The predicted molar refractivity (Wildman–Crippen MR) is 239 cm³/mol. The Morgan fingerprint density at radius 2 is 0.966 bits per heavy atom. The van der Waals surface area contributed by atoms with Crippen LogP contribution in [0.15, 0.2) is 146 Å². The second kappa shape index (κ2) is 20.2. The molecule has 8 rings (SSSR count). The third-order valence-corrected chi connectivity index (χ3v) is 12.3. The average Bonchev–Trinajstić information content (AvgIpc) is 3.86. The van der Waals surface area contributed by atoms with E-state index in [1.54, 1.807) is 0 Å². The van der Waals surface area contributed by atoms with Gasteiger partial charge in [-0.15, -0.1) is 16.7 Å². The monoisotopic (exact) mass is 916 g/mol. The molecule has 5 heteroatoms. The Labute approximate surface area is 384 Å². The van der Waals surface area contributed by atoms with Gasteiger partial charge in [-0.1, -0.05) is 71.6 Å². The molecule has 0 fully saturated rings. The van der Waals surface area contributed by atoms with Gasteiger partial charge in [0, 0.05) is 0 Å². The van der Waals surface area contributed by atoms with Crippen LogP contribution in [0, 0.1) is 19.9 Å². The van der Waals surface area contributed by atoms with Crippen molar-refractivity contribution in [3.63, 3.8) is 0 Å². The Bertz CT molecular complexity index is 2230. The van der Waals surface area contributed by atoms with Gasteiger partial charge in [0.25, 0.3) is 0 Å². The van der Waals surface area contributed by atoms with E-state index in [-0.39, 0.29) is 35.6 Å². The molecule has 0 nitrogen and oxygen atoms in total. The van der Waals surface area contributed by atoms with Crippen LogP contribution < -0.4 is 24.8 Å². The summed E-state index contributed by atoms with van der Waals surface area (Å²) < 4.78 is 1.34. The minimum atomic E-state index is 0. The van der Waals surface area contributed by atoms with Crippen molar-refractivity contribution in [2.75, 3.05) is 0 Å². The molecule has 0 spiro atoms. The Morgan fingerprint density at radius 1 is 0.569 bits per heavy atom. The minimum Gasteiger partial charge on any atom is -1.00 e. The Morgan fingerprint density at radius 3 is 1.34 bits per heavy atom. The van der Waals surface area contributed by atoms with Crippen LogP contribution in [0.25, 0.3) is 33.4 Å². The van der Waals surface area contributed by atoms with E-state index in [1.807, 2.05) is 54.6 Å². The van der Waals surface area contributed by atoms with E-state index in [0.29, 0.717) is 0 Å². The maximum absolute atomic E-state index is 5.98. The van der Waals surface area contributed by atoms with Gasteiger partial charge >= 0.3 is 191 Å². The zero-order chi connectivity index (χ0) is 40.2. The summed E-state index contributed by atoms with van der Waals surface area (Å²) in [6.45, 7) is 18.2. The SMILES string of the molecule is Cc1[c-]c2c(cc1C(C)(C)C)-c1cc(C(C)(C)C)c(C)cc1C2.Clc1ccc(-c2ccc([C](=[Zr+2])c3ccc(-c4ccc(Cl)cc4)cc3)cc2)cc1.[Cl-].[Cl-].c1cc[cH-]c1. The van der Waals surface area contributed by atoms with Crippen molar-refractivity contribution in [2.24, 2.45) is 0 Å². The molecule has 1 aliphatic carbocycles. The fourth-order valence-electron chi connectivity index (χ4n) is 7.45. The molecule has 296 valence electrons. The molecule has 0 saturated carbocycles. The Balaban J connectivity index is 0.000000225.